The van der Waals surface area contributed by atoms with Gasteiger partial charge in [0, 0.05) is 12.6 Å². The first kappa shape index (κ1) is 14.3. The summed E-state index contributed by atoms with van der Waals surface area (Å²) in [4.78, 5) is 0. The van der Waals surface area contributed by atoms with E-state index >= 15 is 0 Å². The Hall–Kier alpha value is -1.73. The maximum absolute atomic E-state index is 8.52. The number of nitrogens with one attached hydrogen (secondary N) is 1. The van der Waals surface area contributed by atoms with Gasteiger partial charge in [-0.15, -0.1) is 0 Å². The molecule has 0 aliphatic rings. The van der Waals surface area contributed by atoms with Crippen molar-refractivity contribution in [1.29, 1.82) is 5.26 Å². The fourth-order valence-electron chi connectivity index (χ4n) is 1.48. The van der Waals surface area contributed by atoms with Gasteiger partial charge < -0.3 is 14.8 Å². The van der Waals surface area contributed by atoms with Gasteiger partial charge in [-0.1, -0.05) is 19.9 Å². The number of ether oxygens (including phenoxy) is 2. The first-order chi connectivity index (χ1) is 8.67. The molecule has 0 aromatic heterocycles. The van der Waals surface area contributed by atoms with Gasteiger partial charge in [-0.3, -0.25) is 0 Å². The van der Waals surface area contributed by atoms with E-state index in [1.165, 1.54) is 0 Å². The summed E-state index contributed by atoms with van der Waals surface area (Å²) < 4.78 is 10.8. The van der Waals surface area contributed by atoms with Crippen molar-refractivity contribution in [2.24, 2.45) is 0 Å². The molecule has 0 radical (unpaired) electrons. The minimum absolute atomic E-state index is 0.0314. The summed E-state index contributed by atoms with van der Waals surface area (Å²) in [6.07, 6.45) is 0. The van der Waals surface area contributed by atoms with Crippen LogP contribution in [0, 0.1) is 11.3 Å². The van der Waals surface area contributed by atoms with Gasteiger partial charge >= 0.3 is 0 Å². The molecular weight excluding hydrogens is 228 g/mol. The van der Waals surface area contributed by atoms with Crippen LogP contribution in [0.5, 0.6) is 11.5 Å². The van der Waals surface area contributed by atoms with Gasteiger partial charge in [-0.25, -0.2) is 0 Å². The predicted octanol–water partition coefficient (Wildman–Crippen LogP) is 2.49. The molecule has 0 bridgehead atoms. The Morgan fingerprint density at radius 3 is 2.67 bits per heavy atom. The lowest BCUT2D eigenvalue weighted by Crippen LogP contribution is -2.21. The number of hydrogen-bond donors (Lipinski definition) is 1. The average Bonchev–Trinajstić information content (AvgIpc) is 2.35. The van der Waals surface area contributed by atoms with Crippen LogP contribution in [0.15, 0.2) is 18.2 Å². The summed E-state index contributed by atoms with van der Waals surface area (Å²) in [6, 6.07) is 8.16. The van der Waals surface area contributed by atoms with Crippen molar-refractivity contribution >= 4 is 0 Å². The van der Waals surface area contributed by atoms with E-state index in [1.54, 1.807) is 0 Å². The Morgan fingerprint density at radius 2 is 2.06 bits per heavy atom. The standard InChI is InChI=1S/C14H20N2O2/c1-4-17-14-9-12(10-16-11(2)3)5-6-13(14)18-8-7-15/h5-6,9,11,16H,4,8,10H2,1-3H3. The van der Waals surface area contributed by atoms with Crippen molar-refractivity contribution in [2.75, 3.05) is 13.2 Å². The number of nitriles is 1. The Balaban J connectivity index is 2.78. The predicted molar refractivity (Wildman–Crippen MR) is 70.7 cm³/mol. The van der Waals surface area contributed by atoms with Crippen LogP contribution in [-0.4, -0.2) is 19.3 Å². The Bertz CT molecular complexity index is 411. The molecular formula is C14H20N2O2. The fraction of sp³-hybridized carbons (Fsp3) is 0.500. The normalized spacial score (nSPS) is 10.2. The van der Waals surface area contributed by atoms with Gasteiger partial charge in [0.1, 0.15) is 6.07 Å². The molecule has 0 spiro atoms. The highest BCUT2D eigenvalue weighted by Gasteiger charge is 2.06. The minimum atomic E-state index is 0.0314. The summed E-state index contributed by atoms with van der Waals surface area (Å²) >= 11 is 0. The second-order valence-electron chi connectivity index (χ2n) is 4.20. The van der Waals surface area contributed by atoms with Gasteiger partial charge in [0.2, 0.25) is 0 Å². The third kappa shape index (κ3) is 4.64. The SMILES string of the molecule is CCOc1cc(CNC(C)C)ccc1OCC#N. The maximum atomic E-state index is 8.52. The Kier molecular flexibility index (Phi) is 6.03. The maximum Gasteiger partial charge on any atom is 0.174 e. The second kappa shape index (κ2) is 7.57. The van der Waals surface area contributed by atoms with Gasteiger partial charge in [-0.2, -0.15) is 5.26 Å². The van der Waals surface area contributed by atoms with Crippen molar-refractivity contribution in [3.8, 4) is 17.6 Å². The molecule has 4 heteroatoms. The molecule has 1 N–H and O–H groups in total. The minimum Gasteiger partial charge on any atom is -0.490 e. The zero-order valence-electron chi connectivity index (χ0n) is 11.2. The van der Waals surface area contributed by atoms with Crippen LogP contribution < -0.4 is 14.8 Å². The first-order valence-electron chi connectivity index (χ1n) is 6.16. The van der Waals surface area contributed by atoms with Crippen molar-refractivity contribution < 1.29 is 9.47 Å². The highest BCUT2D eigenvalue weighted by atomic mass is 16.5. The van der Waals surface area contributed by atoms with Crippen LogP contribution in [0.4, 0.5) is 0 Å². The topological polar surface area (TPSA) is 54.3 Å². The lowest BCUT2D eigenvalue weighted by molar-refractivity contribution is 0.298. The van der Waals surface area contributed by atoms with E-state index in [1.807, 2.05) is 31.2 Å². The van der Waals surface area contributed by atoms with Crippen LogP contribution >= 0.6 is 0 Å². The van der Waals surface area contributed by atoms with Crippen molar-refractivity contribution in [2.45, 2.75) is 33.4 Å². The number of nitrogens with zero attached hydrogens (tertiary/aromatic N) is 1. The Labute approximate surface area is 109 Å². The van der Waals surface area contributed by atoms with Crippen molar-refractivity contribution in [3.63, 3.8) is 0 Å². The van der Waals surface area contributed by atoms with Crippen LogP contribution in [0.2, 0.25) is 0 Å². The summed E-state index contributed by atoms with van der Waals surface area (Å²) in [6.45, 7) is 7.53. The van der Waals surface area contributed by atoms with Gasteiger partial charge in [-0.05, 0) is 24.6 Å². The van der Waals surface area contributed by atoms with E-state index in [2.05, 4.69) is 19.2 Å². The molecule has 1 rings (SSSR count). The molecule has 98 valence electrons. The zero-order chi connectivity index (χ0) is 13.4. The van der Waals surface area contributed by atoms with E-state index < -0.39 is 0 Å². The summed E-state index contributed by atoms with van der Waals surface area (Å²) in [5, 5.41) is 11.9. The third-order valence-corrected chi connectivity index (χ3v) is 2.31. The van der Waals surface area contributed by atoms with E-state index in [0.29, 0.717) is 24.1 Å². The number of benzene rings is 1. The molecule has 0 fully saturated rings. The molecule has 0 saturated carbocycles. The van der Waals surface area contributed by atoms with Crippen LogP contribution in [0.3, 0.4) is 0 Å². The molecule has 4 nitrogen and oxygen atoms in total. The average molecular weight is 248 g/mol. The highest BCUT2D eigenvalue weighted by Crippen LogP contribution is 2.28. The highest BCUT2D eigenvalue weighted by molar-refractivity contribution is 5.43. The van der Waals surface area contributed by atoms with E-state index in [0.717, 1.165) is 12.1 Å². The molecule has 0 amide bonds. The van der Waals surface area contributed by atoms with Gasteiger partial charge in [0.05, 0.1) is 6.61 Å². The monoisotopic (exact) mass is 248 g/mol. The third-order valence-electron chi connectivity index (χ3n) is 2.31. The largest absolute Gasteiger partial charge is 0.490 e. The lowest BCUT2D eigenvalue weighted by atomic mass is 10.2. The molecule has 0 unspecified atom stereocenters. The molecule has 0 aliphatic carbocycles. The van der Waals surface area contributed by atoms with Crippen LogP contribution in [0.1, 0.15) is 26.3 Å². The molecule has 18 heavy (non-hydrogen) atoms. The number of rotatable bonds is 7. The molecule has 1 aromatic carbocycles. The van der Waals surface area contributed by atoms with E-state index in [4.69, 9.17) is 14.7 Å². The summed E-state index contributed by atoms with van der Waals surface area (Å²) in [5.41, 5.74) is 1.14. The van der Waals surface area contributed by atoms with E-state index in [9.17, 15) is 0 Å². The molecule has 0 saturated heterocycles. The van der Waals surface area contributed by atoms with Gasteiger partial charge in [0.15, 0.2) is 18.1 Å². The summed E-state index contributed by atoms with van der Waals surface area (Å²) in [5.74, 6) is 1.31. The zero-order valence-corrected chi connectivity index (χ0v) is 11.2. The summed E-state index contributed by atoms with van der Waals surface area (Å²) in [7, 11) is 0. The second-order valence-corrected chi connectivity index (χ2v) is 4.20. The van der Waals surface area contributed by atoms with Gasteiger partial charge in [0.25, 0.3) is 0 Å². The van der Waals surface area contributed by atoms with Crippen LogP contribution in [0.25, 0.3) is 0 Å². The lowest BCUT2D eigenvalue weighted by Gasteiger charge is -2.13. The molecule has 0 aliphatic heterocycles. The first-order valence-corrected chi connectivity index (χ1v) is 6.16. The molecule has 1 aromatic rings. The van der Waals surface area contributed by atoms with Crippen LogP contribution in [-0.2, 0) is 6.54 Å². The molecule has 0 heterocycles. The van der Waals surface area contributed by atoms with E-state index in [-0.39, 0.29) is 6.61 Å². The smallest absolute Gasteiger partial charge is 0.174 e. The molecule has 0 atom stereocenters. The van der Waals surface area contributed by atoms with Crippen molar-refractivity contribution in [3.05, 3.63) is 23.8 Å². The number of hydrogen-bond acceptors (Lipinski definition) is 4. The Morgan fingerprint density at radius 1 is 1.28 bits per heavy atom. The fourth-order valence-corrected chi connectivity index (χ4v) is 1.48. The van der Waals surface area contributed by atoms with Crippen molar-refractivity contribution in [1.82, 2.24) is 5.32 Å². The quantitative estimate of drug-likeness (QED) is 0.805.